The van der Waals surface area contributed by atoms with Gasteiger partial charge in [0.1, 0.15) is 0 Å². The zero-order valence-corrected chi connectivity index (χ0v) is 11.0. The van der Waals surface area contributed by atoms with Crippen LogP contribution in [0.1, 0.15) is 36.9 Å². The van der Waals surface area contributed by atoms with Crippen LogP contribution in [0.3, 0.4) is 0 Å². The number of piperidine rings is 1. The third-order valence-electron chi connectivity index (χ3n) is 3.83. The van der Waals surface area contributed by atoms with Crippen molar-refractivity contribution in [3.05, 3.63) is 35.4 Å². The molecule has 2 heteroatoms. The first-order valence-electron chi connectivity index (χ1n) is 6.77. The second-order valence-corrected chi connectivity index (χ2v) is 5.18. The van der Waals surface area contributed by atoms with Gasteiger partial charge in [-0.15, -0.1) is 0 Å². The van der Waals surface area contributed by atoms with Crippen LogP contribution in [0, 0.1) is 12.8 Å². The van der Waals surface area contributed by atoms with Gasteiger partial charge in [-0.2, -0.15) is 0 Å². The van der Waals surface area contributed by atoms with Gasteiger partial charge in [-0.05, 0) is 63.4 Å². The van der Waals surface area contributed by atoms with E-state index in [4.69, 9.17) is 0 Å². The Labute approximate surface area is 105 Å². The molecule has 1 heterocycles. The van der Waals surface area contributed by atoms with Crippen molar-refractivity contribution < 1.29 is 0 Å². The summed E-state index contributed by atoms with van der Waals surface area (Å²) in [7, 11) is 0. The van der Waals surface area contributed by atoms with E-state index >= 15 is 0 Å². The molecule has 0 amide bonds. The lowest BCUT2D eigenvalue weighted by molar-refractivity contribution is 0.344. The van der Waals surface area contributed by atoms with Crippen LogP contribution in [-0.2, 0) is 0 Å². The number of hydrogen-bond acceptors (Lipinski definition) is 2. The zero-order valence-electron chi connectivity index (χ0n) is 11.0. The van der Waals surface area contributed by atoms with E-state index < -0.39 is 0 Å². The molecule has 0 aromatic heterocycles. The van der Waals surface area contributed by atoms with Gasteiger partial charge in [0, 0.05) is 6.04 Å². The van der Waals surface area contributed by atoms with E-state index in [9.17, 15) is 0 Å². The molecule has 2 rings (SSSR count). The van der Waals surface area contributed by atoms with E-state index in [1.807, 2.05) is 0 Å². The Kier molecular flexibility index (Phi) is 4.57. The van der Waals surface area contributed by atoms with Gasteiger partial charge in [-0.1, -0.05) is 24.3 Å². The van der Waals surface area contributed by atoms with Crippen molar-refractivity contribution in [2.45, 2.75) is 32.7 Å². The summed E-state index contributed by atoms with van der Waals surface area (Å²) in [5, 5.41) is 7.10. The fourth-order valence-electron chi connectivity index (χ4n) is 2.61. The van der Waals surface area contributed by atoms with E-state index in [1.54, 1.807) is 0 Å². The molecule has 1 aliphatic heterocycles. The Bertz CT molecular complexity index is 343. The second-order valence-electron chi connectivity index (χ2n) is 5.18. The maximum atomic E-state index is 3.68. The fourth-order valence-corrected chi connectivity index (χ4v) is 2.61. The van der Waals surface area contributed by atoms with Crippen LogP contribution in [0.2, 0.25) is 0 Å². The molecule has 94 valence electrons. The molecule has 17 heavy (non-hydrogen) atoms. The monoisotopic (exact) mass is 232 g/mol. The zero-order chi connectivity index (χ0) is 12.1. The lowest BCUT2D eigenvalue weighted by Gasteiger charge is -2.25. The molecular weight excluding hydrogens is 208 g/mol. The lowest BCUT2D eigenvalue weighted by Crippen LogP contribution is -2.34. The summed E-state index contributed by atoms with van der Waals surface area (Å²) in [6.07, 6.45) is 2.63. The van der Waals surface area contributed by atoms with E-state index in [-0.39, 0.29) is 0 Å². The molecule has 0 bridgehead atoms. The summed E-state index contributed by atoms with van der Waals surface area (Å²) < 4.78 is 0. The van der Waals surface area contributed by atoms with Crippen molar-refractivity contribution in [3.63, 3.8) is 0 Å². The van der Waals surface area contributed by atoms with Gasteiger partial charge >= 0.3 is 0 Å². The molecule has 1 aromatic rings. The highest BCUT2D eigenvalue weighted by molar-refractivity contribution is 5.28. The van der Waals surface area contributed by atoms with Crippen molar-refractivity contribution in [1.29, 1.82) is 0 Å². The van der Waals surface area contributed by atoms with Gasteiger partial charge in [0.05, 0.1) is 0 Å². The fraction of sp³-hybridized carbons (Fsp3) is 0.600. The Morgan fingerprint density at radius 1 is 1.29 bits per heavy atom. The summed E-state index contributed by atoms with van der Waals surface area (Å²) in [5.74, 6) is 0.850. The SMILES string of the molecule is Cc1ccccc1[C@H](C)NCC1CCNCC1. The van der Waals surface area contributed by atoms with Crippen LogP contribution < -0.4 is 10.6 Å². The maximum Gasteiger partial charge on any atom is 0.0294 e. The molecule has 1 saturated heterocycles. The minimum absolute atomic E-state index is 0.464. The van der Waals surface area contributed by atoms with Crippen molar-refractivity contribution in [2.75, 3.05) is 19.6 Å². The van der Waals surface area contributed by atoms with Gasteiger partial charge in [0.15, 0.2) is 0 Å². The average Bonchev–Trinajstić information content (AvgIpc) is 2.38. The minimum atomic E-state index is 0.464. The molecule has 1 aliphatic rings. The molecule has 1 aromatic carbocycles. The van der Waals surface area contributed by atoms with Crippen LogP contribution in [0.15, 0.2) is 24.3 Å². The second kappa shape index (κ2) is 6.18. The molecular formula is C15H24N2. The van der Waals surface area contributed by atoms with Crippen molar-refractivity contribution in [3.8, 4) is 0 Å². The molecule has 0 radical (unpaired) electrons. The molecule has 1 atom stereocenters. The molecule has 0 aliphatic carbocycles. The molecule has 2 nitrogen and oxygen atoms in total. The largest absolute Gasteiger partial charge is 0.317 e. The molecule has 0 unspecified atom stereocenters. The van der Waals surface area contributed by atoms with Crippen LogP contribution in [0.25, 0.3) is 0 Å². The summed E-state index contributed by atoms with van der Waals surface area (Å²) >= 11 is 0. The Balaban J connectivity index is 1.84. The van der Waals surface area contributed by atoms with Gasteiger partial charge in [-0.3, -0.25) is 0 Å². The molecule has 0 spiro atoms. The number of hydrogen-bond donors (Lipinski definition) is 2. The molecule has 0 saturated carbocycles. The van der Waals surface area contributed by atoms with Gasteiger partial charge < -0.3 is 10.6 Å². The third kappa shape index (κ3) is 3.55. The lowest BCUT2D eigenvalue weighted by atomic mass is 9.97. The van der Waals surface area contributed by atoms with E-state index in [0.717, 1.165) is 12.5 Å². The minimum Gasteiger partial charge on any atom is -0.317 e. The Morgan fingerprint density at radius 2 is 2.00 bits per heavy atom. The number of rotatable bonds is 4. The normalized spacial score (nSPS) is 19.2. The maximum absolute atomic E-state index is 3.68. The Morgan fingerprint density at radius 3 is 2.71 bits per heavy atom. The summed E-state index contributed by atoms with van der Waals surface area (Å²) in [5.41, 5.74) is 2.82. The third-order valence-corrected chi connectivity index (χ3v) is 3.83. The first-order chi connectivity index (χ1) is 8.27. The van der Waals surface area contributed by atoms with E-state index in [2.05, 4.69) is 48.7 Å². The quantitative estimate of drug-likeness (QED) is 0.834. The predicted octanol–water partition coefficient (Wildman–Crippen LogP) is 2.65. The highest BCUT2D eigenvalue weighted by atomic mass is 14.9. The first-order valence-corrected chi connectivity index (χ1v) is 6.77. The molecule has 1 fully saturated rings. The van der Waals surface area contributed by atoms with Crippen molar-refractivity contribution >= 4 is 0 Å². The first kappa shape index (κ1) is 12.6. The van der Waals surface area contributed by atoms with Crippen LogP contribution >= 0.6 is 0 Å². The van der Waals surface area contributed by atoms with E-state index in [0.29, 0.717) is 6.04 Å². The summed E-state index contributed by atoms with van der Waals surface area (Å²) in [6, 6.07) is 9.13. The highest BCUT2D eigenvalue weighted by Gasteiger charge is 2.14. The van der Waals surface area contributed by atoms with Crippen LogP contribution in [0.4, 0.5) is 0 Å². The van der Waals surface area contributed by atoms with Gasteiger partial charge in [0.25, 0.3) is 0 Å². The average molecular weight is 232 g/mol. The van der Waals surface area contributed by atoms with Gasteiger partial charge in [0.2, 0.25) is 0 Å². The number of nitrogens with one attached hydrogen (secondary N) is 2. The predicted molar refractivity (Wildman–Crippen MR) is 73.2 cm³/mol. The van der Waals surface area contributed by atoms with Crippen molar-refractivity contribution in [1.82, 2.24) is 10.6 Å². The van der Waals surface area contributed by atoms with Gasteiger partial charge in [-0.25, -0.2) is 0 Å². The highest BCUT2D eigenvalue weighted by Crippen LogP contribution is 2.18. The summed E-state index contributed by atoms with van der Waals surface area (Å²) in [6.45, 7) is 7.98. The molecule has 2 N–H and O–H groups in total. The standard InChI is InChI=1S/C15H24N2/c1-12-5-3-4-6-15(12)13(2)17-11-14-7-9-16-10-8-14/h3-6,13-14,16-17H,7-11H2,1-2H3/t13-/m0/s1. The summed E-state index contributed by atoms with van der Waals surface area (Å²) in [4.78, 5) is 0. The smallest absolute Gasteiger partial charge is 0.0294 e. The van der Waals surface area contributed by atoms with Crippen molar-refractivity contribution in [2.24, 2.45) is 5.92 Å². The topological polar surface area (TPSA) is 24.1 Å². The van der Waals surface area contributed by atoms with E-state index in [1.165, 1.54) is 37.1 Å². The van der Waals surface area contributed by atoms with Crippen LogP contribution in [-0.4, -0.2) is 19.6 Å². The Hall–Kier alpha value is -0.860. The van der Waals surface area contributed by atoms with Crippen LogP contribution in [0.5, 0.6) is 0 Å². The number of aryl methyl sites for hydroxylation is 1. The number of benzene rings is 1.